The quantitative estimate of drug-likeness (QED) is 0.535. The van der Waals surface area contributed by atoms with Crippen molar-refractivity contribution in [3.8, 4) is 16.9 Å². The number of carboxylic acid groups (broad SMARTS) is 1. The first-order valence-corrected chi connectivity index (χ1v) is 9.92. The number of thiocarbonyl (C=S) groups is 1. The van der Waals surface area contributed by atoms with Crippen molar-refractivity contribution in [2.24, 2.45) is 0 Å². The zero-order valence-electron chi connectivity index (χ0n) is 15.3. The predicted octanol–water partition coefficient (Wildman–Crippen LogP) is 4.43. The average Bonchev–Trinajstić information content (AvgIpc) is 2.95. The van der Waals surface area contributed by atoms with Crippen molar-refractivity contribution in [2.45, 2.75) is 12.8 Å². The maximum atomic E-state index is 12.6. The molecule has 1 heterocycles. The van der Waals surface area contributed by atoms with Crippen LogP contribution < -0.4 is 4.74 Å². The van der Waals surface area contributed by atoms with Crippen LogP contribution in [-0.4, -0.2) is 39.9 Å². The fraction of sp³-hybridized carbons (Fsp3) is 0.190. The van der Waals surface area contributed by atoms with Gasteiger partial charge in [0.15, 0.2) is 0 Å². The van der Waals surface area contributed by atoms with Gasteiger partial charge in [-0.1, -0.05) is 54.3 Å². The highest BCUT2D eigenvalue weighted by Gasteiger charge is 2.31. The van der Waals surface area contributed by atoms with Crippen molar-refractivity contribution >= 4 is 46.3 Å². The lowest BCUT2D eigenvalue weighted by Gasteiger charge is -2.13. The number of carbonyl (C=O) groups excluding carboxylic acids is 1. The Labute approximate surface area is 173 Å². The van der Waals surface area contributed by atoms with Crippen molar-refractivity contribution in [2.75, 3.05) is 13.7 Å². The third kappa shape index (κ3) is 4.79. The van der Waals surface area contributed by atoms with Gasteiger partial charge in [-0.2, -0.15) is 0 Å². The molecule has 28 heavy (non-hydrogen) atoms. The van der Waals surface area contributed by atoms with E-state index < -0.39 is 5.97 Å². The van der Waals surface area contributed by atoms with Gasteiger partial charge in [0.25, 0.3) is 5.91 Å². The summed E-state index contributed by atoms with van der Waals surface area (Å²) in [6.07, 6.45) is 2.21. The summed E-state index contributed by atoms with van der Waals surface area (Å²) in [5.41, 5.74) is 2.99. The fourth-order valence-electron chi connectivity index (χ4n) is 2.82. The molecule has 1 saturated heterocycles. The van der Waals surface area contributed by atoms with Crippen LogP contribution in [0.3, 0.4) is 0 Å². The Balaban J connectivity index is 1.77. The number of thioether (sulfide) groups is 1. The normalized spacial score (nSPS) is 15.3. The molecule has 7 heteroatoms. The Kier molecular flexibility index (Phi) is 6.49. The predicted molar refractivity (Wildman–Crippen MR) is 115 cm³/mol. The highest BCUT2D eigenvalue weighted by Crippen LogP contribution is 2.33. The van der Waals surface area contributed by atoms with Gasteiger partial charge in [-0.05, 0) is 47.4 Å². The number of carboxylic acids is 1. The Morgan fingerprint density at radius 3 is 2.64 bits per heavy atom. The Hall–Kier alpha value is -2.64. The van der Waals surface area contributed by atoms with Crippen molar-refractivity contribution < 1.29 is 19.4 Å². The van der Waals surface area contributed by atoms with E-state index in [0.717, 1.165) is 22.4 Å². The molecule has 0 saturated carbocycles. The van der Waals surface area contributed by atoms with Crippen LogP contribution in [0.1, 0.15) is 18.4 Å². The Bertz CT molecular complexity index is 938. The molecular formula is C21H19NO4S2. The van der Waals surface area contributed by atoms with Gasteiger partial charge in [0.1, 0.15) is 10.1 Å². The molecule has 0 unspecified atom stereocenters. The third-order valence-electron chi connectivity index (χ3n) is 4.25. The summed E-state index contributed by atoms with van der Waals surface area (Å²) in [6.45, 7) is 0.320. The standard InChI is InChI=1S/C21H19NO4S2/c1-26-17-9-7-15(8-10-17)16-5-2-4-14(12-16)13-18-20(25)22(21(27)28-18)11-3-6-19(23)24/h2,4-5,7-10,12-13H,3,6,11H2,1H3,(H,23,24). The van der Waals surface area contributed by atoms with Crippen LogP contribution in [-0.2, 0) is 9.59 Å². The molecule has 1 amide bonds. The van der Waals surface area contributed by atoms with E-state index in [1.807, 2.05) is 54.6 Å². The van der Waals surface area contributed by atoms with Gasteiger partial charge < -0.3 is 9.84 Å². The first kappa shape index (κ1) is 20.1. The SMILES string of the molecule is COc1ccc(-c2cccc(C=C3SC(=S)N(CCCC(=O)O)C3=O)c2)cc1. The van der Waals surface area contributed by atoms with Gasteiger partial charge in [0.05, 0.1) is 12.0 Å². The van der Waals surface area contributed by atoms with Crippen molar-refractivity contribution in [1.82, 2.24) is 4.90 Å². The Morgan fingerprint density at radius 1 is 1.21 bits per heavy atom. The number of amides is 1. The van der Waals surface area contributed by atoms with E-state index in [9.17, 15) is 9.59 Å². The van der Waals surface area contributed by atoms with Crippen LogP contribution >= 0.6 is 24.0 Å². The topological polar surface area (TPSA) is 66.8 Å². The van der Waals surface area contributed by atoms with E-state index in [-0.39, 0.29) is 12.3 Å². The molecular weight excluding hydrogens is 394 g/mol. The molecule has 0 aliphatic carbocycles. The van der Waals surface area contributed by atoms with Crippen molar-refractivity contribution in [3.05, 3.63) is 59.0 Å². The molecule has 0 bridgehead atoms. The summed E-state index contributed by atoms with van der Waals surface area (Å²) in [6, 6.07) is 15.7. The summed E-state index contributed by atoms with van der Waals surface area (Å²) in [5.74, 6) is -0.252. The van der Waals surface area contributed by atoms with E-state index >= 15 is 0 Å². The summed E-state index contributed by atoms with van der Waals surface area (Å²) in [7, 11) is 1.63. The van der Waals surface area contributed by atoms with Crippen molar-refractivity contribution in [3.63, 3.8) is 0 Å². The molecule has 1 fully saturated rings. The lowest BCUT2D eigenvalue weighted by atomic mass is 10.0. The minimum Gasteiger partial charge on any atom is -0.497 e. The fourth-order valence-corrected chi connectivity index (χ4v) is 4.13. The highest BCUT2D eigenvalue weighted by atomic mass is 32.2. The van der Waals surface area contributed by atoms with Crippen LogP contribution in [0.2, 0.25) is 0 Å². The number of benzene rings is 2. The molecule has 144 valence electrons. The number of aliphatic carboxylic acids is 1. The number of carbonyl (C=O) groups is 2. The Morgan fingerprint density at radius 2 is 1.96 bits per heavy atom. The minimum atomic E-state index is -0.878. The second kappa shape index (κ2) is 9.03. The first-order valence-electron chi connectivity index (χ1n) is 8.69. The highest BCUT2D eigenvalue weighted by molar-refractivity contribution is 8.26. The van der Waals surface area contributed by atoms with Gasteiger partial charge in [0.2, 0.25) is 0 Å². The van der Waals surface area contributed by atoms with E-state index in [1.165, 1.54) is 16.7 Å². The van der Waals surface area contributed by atoms with E-state index in [1.54, 1.807) is 7.11 Å². The van der Waals surface area contributed by atoms with Gasteiger partial charge in [-0.25, -0.2) is 0 Å². The average molecular weight is 414 g/mol. The minimum absolute atomic E-state index is 0.0139. The number of rotatable bonds is 7. The van der Waals surface area contributed by atoms with Crippen molar-refractivity contribution in [1.29, 1.82) is 0 Å². The summed E-state index contributed by atoms with van der Waals surface area (Å²) in [4.78, 5) is 25.3. The monoisotopic (exact) mass is 413 g/mol. The molecule has 2 aromatic carbocycles. The number of hydrogen-bond acceptors (Lipinski definition) is 5. The molecule has 1 aliphatic rings. The summed E-state index contributed by atoms with van der Waals surface area (Å²) >= 11 is 6.53. The number of hydrogen-bond donors (Lipinski definition) is 1. The summed E-state index contributed by atoms with van der Waals surface area (Å²) in [5, 5.41) is 8.76. The number of methoxy groups -OCH3 is 1. The maximum Gasteiger partial charge on any atom is 0.303 e. The van der Waals surface area contributed by atoms with Crippen LogP contribution in [0, 0.1) is 0 Å². The van der Waals surface area contributed by atoms with Gasteiger partial charge in [-0.15, -0.1) is 0 Å². The molecule has 3 rings (SSSR count). The van der Waals surface area contributed by atoms with E-state index in [2.05, 4.69) is 0 Å². The van der Waals surface area contributed by atoms with Gasteiger partial charge >= 0.3 is 5.97 Å². The molecule has 0 aromatic heterocycles. The third-order valence-corrected chi connectivity index (χ3v) is 5.63. The van der Waals surface area contributed by atoms with E-state index in [0.29, 0.717) is 22.2 Å². The molecule has 1 N–H and O–H groups in total. The largest absolute Gasteiger partial charge is 0.497 e. The summed E-state index contributed by atoms with van der Waals surface area (Å²) < 4.78 is 5.66. The molecule has 5 nitrogen and oxygen atoms in total. The zero-order chi connectivity index (χ0) is 20.1. The lowest BCUT2D eigenvalue weighted by molar-refractivity contribution is -0.137. The second-order valence-corrected chi connectivity index (χ2v) is 7.86. The van der Waals surface area contributed by atoms with Crippen LogP contribution in [0.25, 0.3) is 17.2 Å². The number of nitrogens with zero attached hydrogens (tertiary/aromatic N) is 1. The lowest BCUT2D eigenvalue weighted by Crippen LogP contribution is -2.29. The van der Waals surface area contributed by atoms with Crippen LogP contribution in [0.5, 0.6) is 5.75 Å². The first-order chi connectivity index (χ1) is 13.5. The van der Waals surface area contributed by atoms with Gasteiger partial charge in [-0.3, -0.25) is 14.5 Å². The van der Waals surface area contributed by atoms with E-state index in [4.69, 9.17) is 22.1 Å². The zero-order valence-corrected chi connectivity index (χ0v) is 16.9. The second-order valence-electron chi connectivity index (χ2n) is 6.18. The molecule has 0 atom stereocenters. The maximum absolute atomic E-state index is 12.6. The van der Waals surface area contributed by atoms with Crippen LogP contribution in [0.15, 0.2) is 53.4 Å². The number of ether oxygens (including phenoxy) is 1. The molecule has 0 spiro atoms. The van der Waals surface area contributed by atoms with Crippen LogP contribution in [0.4, 0.5) is 0 Å². The molecule has 0 radical (unpaired) electrons. The van der Waals surface area contributed by atoms with Gasteiger partial charge in [0, 0.05) is 13.0 Å². The smallest absolute Gasteiger partial charge is 0.303 e. The molecule has 1 aliphatic heterocycles. The molecule has 2 aromatic rings.